The van der Waals surface area contributed by atoms with E-state index in [0.717, 1.165) is 0 Å². The Hall–Kier alpha value is -0.150. The van der Waals surface area contributed by atoms with E-state index in [4.69, 9.17) is 9.84 Å². The standard InChI is InChI=1S/C5H11FO2/c1-5(4-6)8-3-2-7/h5,7H,2-4H2,1H3. The third-order valence-corrected chi connectivity index (χ3v) is 0.711. The van der Waals surface area contributed by atoms with Crippen molar-refractivity contribution in [3.05, 3.63) is 0 Å². The number of aliphatic hydroxyl groups is 1. The molecule has 0 saturated heterocycles. The molecule has 0 spiro atoms. The van der Waals surface area contributed by atoms with Gasteiger partial charge in [0.25, 0.3) is 0 Å². The van der Waals surface area contributed by atoms with Gasteiger partial charge < -0.3 is 9.84 Å². The molecule has 2 nitrogen and oxygen atoms in total. The van der Waals surface area contributed by atoms with Crippen LogP contribution in [0.15, 0.2) is 0 Å². The zero-order valence-corrected chi connectivity index (χ0v) is 4.93. The maximum atomic E-state index is 11.5. The monoisotopic (exact) mass is 122 g/mol. The van der Waals surface area contributed by atoms with Crippen LogP contribution in [0.4, 0.5) is 4.39 Å². The van der Waals surface area contributed by atoms with Gasteiger partial charge in [-0.3, -0.25) is 0 Å². The lowest BCUT2D eigenvalue weighted by Crippen LogP contribution is -2.12. The van der Waals surface area contributed by atoms with Crippen molar-refractivity contribution in [2.45, 2.75) is 13.0 Å². The minimum atomic E-state index is -0.486. The van der Waals surface area contributed by atoms with Crippen LogP contribution in [0.1, 0.15) is 6.92 Å². The zero-order valence-electron chi connectivity index (χ0n) is 4.93. The summed E-state index contributed by atoms with van der Waals surface area (Å²) in [7, 11) is 0. The van der Waals surface area contributed by atoms with E-state index in [0.29, 0.717) is 0 Å². The van der Waals surface area contributed by atoms with Crippen molar-refractivity contribution in [1.82, 2.24) is 0 Å². The maximum absolute atomic E-state index is 11.5. The molecule has 0 heterocycles. The fraction of sp³-hybridized carbons (Fsp3) is 1.00. The van der Waals surface area contributed by atoms with Crippen molar-refractivity contribution in [2.24, 2.45) is 0 Å². The van der Waals surface area contributed by atoms with E-state index in [1.54, 1.807) is 6.92 Å². The average molecular weight is 122 g/mol. The van der Waals surface area contributed by atoms with Gasteiger partial charge in [0.05, 0.1) is 19.3 Å². The Balaban J connectivity index is 2.86. The van der Waals surface area contributed by atoms with Crippen LogP contribution < -0.4 is 0 Å². The molecule has 0 aliphatic heterocycles. The molecule has 0 aromatic heterocycles. The van der Waals surface area contributed by atoms with Crippen LogP contribution in [0.5, 0.6) is 0 Å². The largest absolute Gasteiger partial charge is 0.394 e. The van der Waals surface area contributed by atoms with E-state index in [1.165, 1.54) is 0 Å². The Morgan fingerprint density at radius 2 is 2.38 bits per heavy atom. The predicted molar refractivity (Wildman–Crippen MR) is 28.5 cm³/mol. The molecule has 0 amide bonds. The van der Waals surface area contributed by atoms with Gasteiger partial charge in [-0.2, -0.15) is 0 Å². The van der Waals surface area contributed by atoms with Crippen LogP contribution in [0.25, 0.3) is 0 Å². The Labute approximate surface area is 48.3 Å². The van der Waals surface area contributed by atoms with Gasteiger partial charge in [-0.1, -0.05) is 0 Å². The van der Waals surface area contributed by atoms with Gasteiger partial charge in [-0.25, -0.2) is 4.39 Å². The van der Waals surface area contributed by atoms with Crippen LogP contribution in [-0.2, 0) is 4.74 Å². The first-order valence-electron chi connectivity index (χ1n) is 2.59. The highest BCUT2D eigenvalue weighted by Gasteiger charge is 1.97. The van der Waals surface area contributed by atoms with Gasteiger partial charge in [0.1, 0.15) is 6.67 Å². The van der Waals surface area contributed by atoms with Crippen LogP contribution in [0.3, 0.4) is 0 Å². The van der Waals surface area contributed by atoms with Crippen LogP contribution in [0.2, 0.25) is 0 Å². The van der Waals surface area contributed by atoms with Crippen molar-refractivity contribution in [3.63, 3.8) is 0 Å². The zero-order chi connectivity index (χ0) is 6.41. The molecule has 0 saturated carbocycles. The number of ether oxygens (including phenoxy) is 1. The molecule has 0 fully saturated rings. The van der Waals surface area contributed by atoms with E-state index in [-0.39, 0.29) is 19.3 Å². The molecule has 0 radical (unpaired) electrons. The first-order valence-corrected chi connectivity index (χ1v) is 2.59. The van der Waals surface area contributed by atoms with E-state index < -0.39 is 6.67 Å². The normalized spacial score (nSPS) is 13.9. The summed E-state index contributed by atoms with van der Waals surface area (Å²) in [5.41, 5.74) is 0. The van der Waals surface area contributed by atoms with Crippen LogP contribution in [-0.4, -0.2) is 31.1 Å². The summed E-state index contributed by atoms with van der Waals surface area (Å²) in [5, 5.41) is 8.16. The predicted octanol–water partition coefficient (Wildman–Crippen LogP) is 0.353. The Bertz CT molecular complexity index is 49.7. The SMILES string of the molecule is CC(CF)OCCO. The number of alkyl halides is 1. The molecule has 1 unspecified atom stereocenters. The smallest absolute Gasteiger partial charge is 0.115 e. The summed E-state index contributed by atoms with van der Waals surface area (Å²) in [6, 6.07) is 0. The third-order valence-electron chi connectivity index (χ3n) is 0.711. The summed E-state index contributed by atoms with van der Waals surface area (Å²) >= 11 is 0. The number of rotatable bonds is 4. The first-order chi connectivity index (χ1) is 3.81. The Kier molecular flexibility index (Phi) is 4.90. The summed E-state index contributed by atoms with van der Waals surface area (Å²) < 4.78 is 16.2. The third kappa shape index (κ3) is 4.02. The Morgan fingerprint density at radius 3 is 2.75 bits per heavy atom. The number of hydrogen-bond donors (Lipinski definition) is 1. The van der Waals surface area contributed by atoms with Gasteiger partial charge >= 0.3 is 0 Å². The number of halogens is 1. The van der Waals surface area contributed by atoms with Gasteiger partial charge in [0.15, 0.2) is 0 Å². The highest BCUT2D eigenvalue weighted by Crippen LogP contribution is 1.88. The second-order valence-electron chi connectivity index (χ2n) is 1.56. The van der Waals surface area contributed by atoms with E-state index in [9.17, 15) is 4.39 Å². The minimum absolute atomic E-state index is 0.0374. The second kappa shape index (κ2) is 5.00. The average Bonchev–Trinajstić information content (AvgIpc) is 1.83. The molecule has 8 heavy (non-hydrogen) atoms. The lowest BCUT2D eigenvalue weighted by Gasteiger charge is -2.05. The van der Waals surface area contributed by atoms with Crippen molar-refractivity contribution in [1.29, 1.82) is 0 Å². The second-order valence-corrected chi connectivity index (χ2v) is 1.56. The lowest BCUT2D eigenvalue weighted by atomic mass is 10.4. The van der Waals surface area contributed by atoms with Crippen molar-refractivity contribution < 1.29 is 14.2 Å². The van der Waals surface area contributed by atoms with Gasteiger partial charge in [0, 0.05) is 0 Å². The van der Waals surface area contributed by atoms with Crippen LogP contribution in [0, 0.1) is 0 Å². The van der Waals surface area contributed by atoms with Gasteiger partial charge in [0.2, 0.25) is 0 Å². The molecule has 0 aliphatic rings. The van der Waals surface area contributed by atoms with Crippen molar-refractivity contribution >= 4 is 0 Å². The topological polar surface area (TPSA) is 29.5 Å². The molecule has 0 aromatic carbocycles. The van der Waals surface area contributed by atoms with E-state index in [2.05, 4.69) is 0 Å². The fourth-order valence-electron chi connectivity index (χ4n) is 0.298. The molecule has 0 rings (SSSR count). The molecule has 3 heteroatoms. The van der Waals surface area contributed by atoms with E-state index >= 15 is 0 Å². The van der Waals surface area contributed by atoms with Crippen molar-refractivity contribution in [2.75, 3.05) is 19.9 Å². The van der Waals surface area contributed by atoms with Crippen LogP contribution >= 0.6 is 0 Å². The summed E-state index contributed by atoms with van der Waals surface area (Å²) in [5.74, 6) is 0. The quantitative estimate of drug-likeness (QED) is 0.583. The molecular weight excluding hydrogens is 111 g/mol. The first kappa shape index (κ1) is 7.85. The maximum Gasteiger partial charge on any atom is 0.115 e. The highest BCUT2D eigenvalue weighted by molar-refractivity contribution is 4.42. The van der Waals surface area contributed by atoms with Crippen molar-refractivity contribution in [3.8, 4) is 0 Å². The number of aliphatic hydroxyl groups excluding tert-OH is 1. The lowest BCUT2D eigenvalue weighted by molar-refractivity contribution is 0.0259. The molecule has 0 aliphatic carbocycles. The summed E-state index contributed by atoms with van der Waals surface area (Å²) in [4.78, 5) is 0. The summed E-state index contributed by atoms with van der Waals surface area (Å²) in [6.45, 7) is 1.32. The highest BCUT2D eigenvalue weighted by atomic mass is 19.1. The van der Waals surface area contributed by atoms with E-state index in [1.807, 2.05) is 0 Å². The minimum Gasteiger partial charge on any atom is -0.394 e. The molecule has 0 bridgehead atoms. The van der Waals surface area contributed by atoms with Gasteiger partial charge in [-0.05, 0) is 6.92 Å². The molecule has 1 N–H and O–H groups in total. The molecular formula is C5H11FO2. The fourth-order valence-corrected chi connectivity index (χ4v) is 0.298. The number of hydrogen-bond acceptors (Lipinski definition) is 2. The Morgan fingerprint density at radius 1 is 1.75 bits per heavy atom. The van der Waals surface area contributed by atoms with Gasteiger partial charge in [-0.15, -0.1) is 0 Å². The molecule has 0 aromatic rings. The molecule has 50 valence electrons. The summed E-state index contributed by atoms with van der Waals surface area (Å²) in [6.07, 6.45) is -0.373. The molecule has 1 atom stereocenters.